The summed E-state index contributed by atoms with van der Waals surface area (Å²) in [4.78, 5) is 19.0. The second kappa shape index (κ2) is 8.57. The molecule has 0 aromatic heterocycles. The number of carbonyl (C=O) groups is 1. The van der Waals surface area contributed by atoms with Gasteiger partial charge in [-0.3, -0.25) is 4.79 Å². The van der Waals surface area contributed by atoms with Crippen LogP contribution in [0.1, 0.15) is 41.8 Å². The van der Waals surface area contributed by atoms with Gasteiger partial charge in [-0.05, 0) is 82.7 Å². The molecule has 1 amide bonds. The topological polar surface area (TPSA) is 47.0 Å². The van der Waals surface area contributed by atoms with Gasteiger partial charge >= 0.3 is 0 Å². The lowest BCUT2D eigenvalue weighted by Gasteiger charge is -2.29. The van der Waals surface area contributed by atoms with Crippen LogP contribution in [0.3, 0.4) is 0 Å². The van der Waals surface area contributed by atoms with E-state index in [1.807, 2.05) is 12.1 Å². The highest BCUT2D eigenvalue weighted by Crippen LogP contribution is 2.31. The molecule has 5 nitrogen and oxygen atoms in total. The molecule has 0 unspecified atom stereocenters. The molecular formula is C26H30FN3O2. The summed E-state index contributed by atoms with van der Waals surface area (Å²) >= 11 is 0. The predicted molar refractivity (Wildman–Crippen MR) is 126 cm³/mol. The first-order valence-corrected chi connectivity index (χ1v) is 11.0. The molecule has 2 aromatic carbocycles. The smallest absolute Gasteiger partial charge is 0.258 e. The highest BCUT2D eigenvalue weighted by molar-refractivity contribution is 6.08. The highest BCUT2D eigenvalue weighted by atomic mass is 19.1. The Bertz CT molecular complexity index is 1090. The van der Waals surface area contributed by atoms with Crippen LogP contribution in [0.4, 0.5) is 15.8 Å². The lowest BCUT2D eigenvalue weighted by atomic mass is 9.96. The summed E-state index contributed by atoms with van der Waals surface area (Å²) in [6.07, 6.45) is 1.68. The molecule has 2 heterocycles. The van der Waals surface area contributed by atoms with Crippen molar-refractivity contribution in [1.82, 2.24) is 4.90 Å². The number of hydrogen-bond donors (Lipinski definition) is 1. The minimum atomic E-state index is -1.07. The van der Waals surface area contributed by atoms with Gasteiger partial charge in [-0.15, -0.1) is 0 Å². The highest BCUT2D eigenvalue weighted by Gasteiger charge is 2.28. The van der Waals surface area contributed by atoms with Crippen molar-refractivity contribution in [2.24, 2.45) is 0 Å². The van der Waals surface area contributed by atoms with Crippen molar-refractivity contribution in [2.45, 2.75) is 38.3 Å². The quantitative estimate of drug-likeness (QED) is 0.752. The zero-order chi connectivity index (χ0) is 23.0. The Hall–Kier alpha value is -2.88. The summed E-state index contributed by atoms with van der Waals surface area (Å²) in [5.41, 5.74) is 2.42. The number of amides is 1. The molecule has 2 aliphatic heterocycles. The van der Waals surface area contributed by atoms with E-state index in [0.717, 1.165) is 30.6 Å². The van der Waals surface area contributed by atoms with Crippen LogP contribution < -0.4 is 9.80 Å². The monoisotopic (exact) mass is 435 g/mol. The molecule has 0 bridgehead atoms. The molecule has 2 aromatic rings. The van der Waals surface area contributed by atoms with E-state index in [-0.39, 0.29) is 11.7 Å². The first-order valence-electron chi connectivity index (χ1n) is 11.0. The van der Waals surface area contributed by atoms with Gasteiger partial charge in [-0.25, -0.2) is 4.39 Å². The molecule has 0 aliphatic carbocycles. The third kappa shape index (κ3) is 4.64. The molecule has 6 heteroatoms. The Morgan fingerprint density at radius 2 is 1.94 bits per heavy atom. The number of fused-ring (bicyclic) bond motifs is 1. The zero-order valence-electron chi connectivity index (χ0n) is 19.2. The first-order chi connectivity index (χ1) is 15.1. The van der Waals surface area contributed by atoms with Crippen molar-refractivity contribution < 1.29 is 14.3 Å². The van der Waals surface area contributed by atoms with Gasteiger partial charge in [0.25, 0.3) is 5.91 Å². The number of rotatable bonds is 3. The molecule has 0 radical (unpaired) electrons. The summed E-state index contributed by atoms with van der Waals surface area (Å²) in [6.45, 7) is 5.38. The van der Waals surface area contributed by atoms with Crippen LogP contribution in [-0.2, 0) is 6.42 Å². The number of halogens is 1. The van der Waals surface area contributed by atoms with Crippen LogP contribution in [-0.4, -0.2) is 61.3 Å². The average molecular weight is 436 g/mol. The van der Waals surface area contributed by atoms with E-state index in [1.165, 1.54) is 6.07 Å². The van der Waals surface area contributed by atoms with Crippen molar-refractivity contribution >= 4 is 17.3 Å². The van der Waals surface area contributed by atoms with Crippen LogP contribution in [0.15, 0.2) is 36.4 Å². The molecule has 0 spiro atoms. The van der Waals surface area contributed by atoms with Gasteiger partial charge in [-0.2, -0.15) is 0 Å². The summed E-state index contributed by atoms with van der Waals surface area (Å²) in [5, 5.41) is 9.80. The number of likely N-dealkylation sites (N-methyl/N-ethyl adjacent to an activating group) is 1. The molecule has 0 saturated carbocycles. The summed E-state index contributed by atoms with van der Waals surface area (Å²) in [6, 6.07) is 11.0. The van der Waals surface area contributed by atoms with Crippen LogP contribution in [0.5, 0.6) is 0 Å². The number of anilines is 2. The Labute approximate surface area is 189 Å². The van der Waals surface area contributed by atoms with Gasteiger partial charge in [0.05, 0.1) is 5.69 Å². The van der Waals surface area contributed by atoms with Gasteiger partial charge in [0, 0.05) is 42.5 Å². The lowest BCUT2D eigenvalue weighted by Crippen LogP contribution is -2.37. The lowest BCUT2D eigenvalue weighted by molar-refractivity contribution is 0.0980. The SMILES string of the molecule is CN(C)[C@@H]1CCN(c2ccc(N3CCc4cc(C#CC(C)(C)O)ccc4C3=O)cc2F)C1. The minimum Gasteiger partial charge on any atom is -0.378 e. The van der Waals surface area contributed by atoms with Gasteiger partial charge in [0.2, 0.25) is 0 Å². The number of benzene rings is 2. The second-order valence-corrected chi connectivity index (χ2v) is 9.38. The average Bonchev–Trinajstić information content (AvgIpc) is 3.22. The fourth-order valence-electron chi connectivity index (χ4n) is 4.34. The van der Waals surface area contributed by atoms with Gasteiger partial charge in [0.15, 0.2) is 0 Å². The predicted octanol–water partition coefficient (Wildman–Crippen LogP) is 3.29. The van der Waals surface area contributed by atoms with Crippen molar-refractivity contribution in [3.63, 3.8) is 0 Å². The van der Waals surface area contributed by atoms with Crippen molar-refractivity contribution in [2.75, 3.05) is 43.5 Å². The summed E-state index contributed by atoms with van der Waals surface area (Å²) in [7, 11) is 4.10. The van der Waals surface area contributed by atoms with E-state index in [9.17, 15) is 9.90 Å². The first kappa shape index (κ1) is 22.3. The van der Waals surface area contributed by atoms with E-state index in [2.05, 4.69) is 35.7 Å². The Morgan fingerprint density at radius 3 is 2.59 bits per heavy atom. The van der Waals surface area contributed by atoms with Gasteiger partial charge in [0.1, 0.15) is 11.4 Å². The summed E-state index contributed by atoms with van der Waals surface area (Å²) < 4.78 is 15.0. The fourth-order valence-corrected chi connectivity index (χ4v) is 4.34. The Morgan fingerprint density at radius 1 is 1.16 bits per heavy atom. The third-order valence-corrected chi connectivity index (χ3v) is 6.18. The summed E-state index contributed by atoms with van der Waals surface area (Å²) in [5.74, 6) is 5.33. The Kier molecular flexibility index (Phi) is 5.98. The van der Waals surface area contributed by atoms with Gasteiger partial charge < -0.3 is 19.8 Å². The van der Waals surface area contributed by atoms with E-state index >= 15 is 4.39 Å². The maximum Gasteiger partial charge on any atom is 0.258 e. The number of hydrogen-bond acceptors (Lipinski definition) is 4. The van der Waals surface area contributed by atoms with E-state index < -0.39 is 5.60 Å². The molecule has 32 heavy (non-hydrogen) atoms. The van der Waals surface area contributed by atoms with E-state index in [0.29, 0.717) is 35.9 Å². The molecule has 2 aliphatic rings. The second-order valence-electron chi connectivity index (χ2n) is 9.38. The number of aliphatic hydroxyl groups is 1. The molecule has 1 atom stereocenters. The molecular weight excluding hydrogens is 405 g/mol. The number of nitrogens with zero attached hydrogens (tertiary/aromatic N) is 3. The standard InChI is InChI=1S/C26H30FN3O2/c1-26(2,32)12-9-18-5-7-22-19(15-18)10-14-30(25(22)31)20-6-8-24(23(27)16-20)29-13-11-21(17-29)28(3)4/h5-8,15-16,21,32H,10-11,13-14,17H2,1-4H3/t21-/m1/s1. The maximum absolute atomic E-state index is 15.0. The van der Waals surface area contributed by atoms with Crippen LogP contribution in [0.2, 0.25) is 0 Å². The minimum absolute atomic E-state index is 0.130. The zero-order valence-corrected chi connectivity index (χ0v) is 19.2. The molecule has 1 fully saturated rings. The molecule has 4 rings (SSSR count). The van der Waals surface area contributed by atoms with Crippen LogP contribution in [0.25, 0.3) is 0 Å². The van der Waals surface area contributed by atoms with Gasteiger partial charge in [-0.1, -0.05) is 11.8 Å². The van der Waals surface area contributed by atoms with Crippen molar-refractivity contribution in [3.05, 3.63) is 58.9 Å². The normalized spacial score (nSPS) is 18.6. The van der Waals surface area contributed by atoms with E-state index in [1.54, 1.807) is 36.9 Å². The third-order valence-electron chi connectivity index (χ3n) is 6.18. The number of carbonyl (C=O) groups excluding carboxylic acids is 1. The van der Waals surface area contributed by atoms with E-state index in [4.69, 9.17) is 0 Å². The van der Waals surface area contributed by atoms with Crippen LogP contribution in [0, 0.1) is 17.7 Å². The molecule has 168 valence electrons. The maximum atomic E-state index is 15.0. The van der Waals surface area contributed by atoms with Crippen molar-refractivity contribution in [3.8, 4) is 11.8 Å². The largest absolute Gasteiger partial charge is 0.378 e. The van der Waals surface area contributed by atoms with Crippen molar-refractivity contribution in [1.29, 1.82) is 0 Å². The fraction of sp³-hybridized carbons (Fsp3) is 0.423. The van der Waals surface area contributed by atoms with Crippen LogP contribution >= 0.6 is 0 Å². The molecule has 1 N–H and O–H groups in total. The Balaban J connectivity index is 1.53. The molecule has 1 saturated heterocycles.